The summed E-state index contributed by atoms with van der Waals surface area (Å²) in [7, 11) is 0. The van der Waals surface area contributed by atoms with Crippen LogP contribution in [-0.2, 0) is 0 Å². The first-order valence-electron chi connectivity index (χ1n) is 6.08. The number of hydrogen-bond acceptors (Lipinski definition) is 2. The molecule has 1 saturated heterocycles. The van der Waals surface area contributed by atoms with E-state index in [1.165, 1.54) is 31.2 Å². The van der Waals surface area contributed by atoms with E-state index in [1.54, 1.807) is 0 Å². The van der Waals surface area contributed by atoms with Gasteiger partial charge in [-0.2, -0.15) is 5.10 Å². The van der Waals surface area contributed by atoms with Crippen molar-refractivity contribution in [1.82, 2.24) is 15.1 Å². The van der Waals surface area contributed by atoms with E-state index in [2.05, 4.69) is 35.1 Å². The lowest BCUT2D eigenvalue weighted by Gasteiger charge is -2.10. The van der Waals surface area contributed by atoms with Crippen LogP contribution < -0.4 is 5.32 Å². The number of rotatable bonds is 4. The summed E-state index contributed by atoms with van der Waals surface area (Å²) >= 11 is 0. The highest BCUT2D eigenvalue weighted by atomic mass is 15.3. The molecule has 0 aliphatic carbocycles. The lowest BCUT2D eigenvalue weighted by Crippen LogP contribution is -2.12. The topological polar surface area (TPSA) is 29.9 Å². The van der Waals surface area contributed by atoms with Crippen LogP contribution >= 0.6 is 0 Å². The maximum Gasteiger partial charge on any atom is 0.0537 e. The van der Waals surface area contributed by atoms with Gasteiger partial charge >= 0.3 is 0 Å². The second-order valence-corrected chi connectivity index (χ2v) is 4.54. The molecular formula is C12H21N3. The Bertz CT molecular complexity index is 300. The number of aromatic nitrogens is 2. The molecule has 1 N–H and O–H groups in total. The molecule has 1 aliphatic heterocycles. The minimum Gasteiger partial charge on any atom is -0.310 e. The molecule has 3 nitrogen and oxygen atoms in total. The van der Waals surface area contributed by atoms with E-state index in [-0.39, 0.29) is 0 Å². The van der Waals surface area contributed by atoms with E-state index in [1.807, 2.05) is 6.20 Å². The molecule has 0 aromatic carbocycles. The van der Waals surface area contributed by atoms with Crippen LogP contribution in [0.5, 0.6) is 0 Å². The van der Waals surface area contributed by atoms with Crippen molar-refractivity contribution < 1.29 is 0 Å². The Morgan fingerprint density at radius 1 is 1.67 bits per heavy atom. The first-order chi connectivity index (χ1) is 7.31. The molecular weight excluding hydrogens is 186 g/mol. The number of nitrogens with one attached hydrogen (secondary N) is 1. The van der Waals surface area contributed by atoms with Gasteiger partial charge in [-0.05, 0) is 32.7 Å². The normalized spacial score (nSPS) is 23.2. The Morgan fingerprint density at radius 2 is 2.53 bits per heavy atom. The summed E-state index contributed by atoms with van der Waals surface area (Å²) in [5, 5.41) is 7.96. The summed E-state index contributed by atoms with van der Waals surface area (Å²) in [6, 6.07) is 1.08. The Kier molecular flexibility index (Phi) is 3.41. The zero-order chi connectivity index (χ0) is 10.7. The third kappa shape index (κ3) is 2.40. The quantitative estimate of drug-likeness (QED) is 0.822. The third-order valence-corrected chi connectivity index (χ3v) is 3.24. The van der Waals surface area contributed by atoms with Crippen molar-refractivity contribution in [3.8, 4) is 0 Å². The van der Waals surface area contributed by atoms with Crippen molar-refractivity contribution in [2.24, 2.45) is 0 Å². The second-order valence-electron chi connectivity index (χ2n) is 4.54. The monoisotopic (exact) mass is 207 g/mol. The maximum atomic E-state index is 4.46. The van der Waals surface area contributed by atoms with Gasteiger partial charge in [0.05, 0.1) is 6.20 Å². The van der Waals surface area contributed by atoms with Gasteiger partial charge in [0.25, 0.3) is 0 Å². The molecule has 2 rings (SSSR count). The molecule has 3 heteroatoms. The Balaban J connectivity index is 2.02. The standard InChI is InChI=1S/C12H21N3/c1-3-5-10(2)15-9-11(8-14-15)12-6-4-7-13-12/h8-10,12-13H,3-7H2,1-2H3. The fourth-order valence-electron chi connectivity index (χ4n) is 2.29. The minimum absolute atomic E-state index is 0.533. The summed E-state index contributed by atoms with van der Waals surface area (Å²) < 4.78 is 2.11. The predicted molar refractivity (Wildman–Crippen MR) is 61.8 cm³/mol. The van der Waals surface area contributed by atoms with Gasteiger partial charge in [-0.15, -0.1) is 0 Å². The first kappa shape index (κ1) is 10.7. The van der Waals surface area contributed by atoms with Crippen LogP contribution in [0.3, 0.4) is 0 Å². The summed E-state index contributed by atoms with van der Waals surface area (Å²) in [5.41, 5.74) is 1.36. The van der Waals surface area contributed by atoms with Crippen molar-refractivity contribution in [1.29, 1.82) is 0 Å². The molecule has 0 amide bonds. The van der Waals surface area contributed by atoms with Crippen LogP contribution in [0.15, 0.2) is 12.4 Å². The van der Waals surface area contributed by atoms with E-state index in [0.29, 0.717) is 12.1 Å². The minimum atomic E-state index is 0.533. The Labute approximate surface area is 91.9 Å². The van der Waals surface area contributed by atoms with E-state index in [9.17, 15) is 0 Å². The van der Waals surface area contributed by atoms with Crippen LogP contribution in [0.25, 0.3) is 0 Å². The van der Waals surface area contributed by atoms with E-state index < -0.39 is 0 Å². The fourth-order valence-corrected chi connectivity index (χ4v) is 2.29. The SMILES string of the molecule is CCCC(C)n1cc(C2CCCN2)cn1. The largest absolute Gasteiger partial charge is 0.310 e. The molecule has 2 unspecified atom stereocenters. The van der Waals surface area contributed by atoms with Crippen LogP contribution in [0.2, 0.25) is 0 Å². The zero-order valence-corrected chi connectivity index (χ0v) is 9.74. The van der Waals surface area contributed by atoms with E-state index >= 15 is 0 Å². The summed E-state index contributed by atoms with van der Waals surface area (Å²) in [5.74, 6) is 0. The number of hydrogen-bond donors (Lipinski definition) is 1. The molecule has 2 heterocycles. The second kappa shape index (κ2) is 4.79. The summed E-state index contributed by atoms with van der Waals surface area (Å²) in [6.45, 7) is 5.61. The molecule has 1 fully saturated rings. The summed E-state index contributed by atoms with van der Waals surface area (Å²) in [6.07, 6.45) is 9.21. The molecule has 0 saturated carbocycles. The Morgan fingerprint density at radius 3 is 3.20 bits per heavy atom. The molecule has 15 heavy (non-hydrogen) atoms. The van der Waals surface area contributed by atoms with Crippen LogP contribution in [-0.4, -0.2) is 16.3 Å². The highest BCUT2D eigenvalue weighted by Crippen LogP contribution is 2.23. The van der Waals surface area contributed by atoms with Gasteiger partial charge < -0.3 is 5.32 Å². The highest BCUT2D eigenvalue weighted by molar-refractivity contribution is 5.12. The van der Waals surface area contributed by atoms with Gasteiger partial charge in [0.15, 0.2) is 0 Å². The fraction of sp³-hybridized carbons (Fsp3) is 0.750. The van der Waals surface area contributed by atoms with Crippen molar-refractivity contribution in [3.05, 3.63) is 18.0 Å². The lowest BCUT2D eigenvalue weighted by atomic mass is 10.1. The first-order valence-corrected chi connectivity index (χ1v) is 6.08. The maximum absolute atomic E-state index is 4.46. The highest BCUT2D eigenvalue weighted by Gasteiger charge is 2.18. The van der Waals surface area contributed by atoms with Gasteiger partial charge in [-0.25, -0.2) is 0 Å². The molecule has 1 aliphatic rings. The van der Waals surface area contributed by atoms with Gasteiger partial charge in [0, 0.05) is 23.8 Å². The smallest absolute Gasteiger partial charge is 0.0537 e. The molecule has 0 spiro atoms. The van der Waals surface area contributed by atoms with Gasteiger partial charge in [0.1, 0.15) is 0 Å². The molecule has 0 radical (unpaired) electrons. The van der Waals surface area contributed by atoms with Crippen LogP contribution in [0.4, 0.5) is 0 Å². The average molecular weight is 207 g/mol. The van der Waals surface area contributed by atoms with Gasteiger partial charge in [-0.1, -0.05) is 13.3 Å². The summed E-state index contributed by atoms with van der Waals surface area (Å²) in [4.78, 5) is 0. The van der Waals surface area contributed by atoms with E-state index in [0.717, 1.165) is 6.54 Å². The van der Waals surface area contributed by atoms with Crippen molar-refractivity contribution in [3.63, 3.8) is 0 Å². The lowest BCUT2D eigenvalue weighted by molar-refractivity contribution is 0.454. The third-order valence-electron chi connectivity index (χ3n) is 3.24. The van der Waals surface area contributed by atoms with Crippen molar-refractivity contribution >= 4 is 0 Å². The van der Waals surface area contributed by atoms with Crippen LogP contribution in [0.1, 0.15) is 57.2 Å². The van der Waals surface area contributed by atoms with E-state index in [4.69, 9.17) is 0 Å². The zero-order valence-electron chi connectivity index (χ0n) is 9.74. The molecule has 0 bridgehead atoms. The molecule has 1 aromatic rings. The van der Waals surface area contributed by atoms with Crippen LogP contribution in [0, 0.1) is 0 Å². The number of nitrogens with zero attached hydrogens (tertiary/aromatic N) is 2. The predicted octanol–water partition coefficient (Wildman–Crippen LogP) is 2.67. The molecule has 84 valence electrons. The Hall–Kier alpha value is -0.830. The van der Waals surface area contributed by atoms with Crippen molar-refractivity contribution in [2.75, 3.05) is 6.54 Å². The van der Waals surface area contributed by atoms with Gasteiger partial charge in [0.2, 0.25) is 0 Å². The van der Waals surface area contributed by atoms with Gasteiger partial charge in [-0.3, -0.25) is 4.68 Å². The van der Waals surface area contributed by atoms with Crippen molar-refractivity contribution in [2.45, 2.75) is 51.6 Å². The molecule has 2 atom stereocenters. The molecule has 1 aromatic heterocycles. The average Bonchev–Trinajstić information content (AvgIpc) is 2.89.